The third-order valence-electron chi connectivity index (χ3n) is 12.3. The van der Waals surface area contributed by atoms with Crippen LogP contribution in [0.3, 0.4) is 0 Å². The summed E-state index contributed by atoms with van der Waals surface area (Å²) in [5.74, 6) is 3.35. The van der Waals surface area contributed by atoms with Gasteiger partial charge in [0.1, 0.15) is 0 Å². The van der Waals surface area contributed by atoms with Gasteiger partial charge in [0.25, 0.3) is 0 Å². The van der Waals surface area contributed by atoms with Crippen LogP contribution in [0.25, 0.3) is 0 Å². The summed E-state index contributed by atoms with van der Waals surface area (Å²) in [6.07, 6.45) is 14.2. The molecule has 0 heterocycles. The molecule has 9 atom stereocenters. The fourth-order valence-electron chi connectivity index (χ4n) is 10.3. The van der Waals surface area contributed by atoms with Gasteiger partial charge in [-0.3, -0.25) is 0 Å². The van der Waals surface area contributed by atoms with Gasteiger partial charge < -0.3 is 10.2 Å². The van der Waals surface area contributed by atoms with Crippen molar-refractivity contribution in [1.29, 1.82) is 0 Å². The second-order valence-electron chi connectivity index (χ2n) is 14.4. The summed E-state index contributed by atoms with van der Waals surface area (Å²) in [7, 11) is 0. The van der Waals surface area contributed by atoms with Crippen molar-refractivity contribution in [3.05, 3.63) is 11.6 Å². The normalized spacial score (nSPS) is 46.2. The Hall–Kier alpha value is -0.340. The first-order chi connectivity index (χ1) is 15.3. The quantitative estimate of drug-likeness (QED) is 0.399. The Morgan fingerprint density at radius 2 is 1.64 bits per heavy atom. The Morgan fingerprint density at radius 3 is 2.27 bits per heavy atom. The van der Waals surface area contributed by atoms with E-state index >= 15 is 0 Å². The average molecular weight is 459 g/mol. The first-order valence-corrected chi connectivity index (χ1v) is 14.4. The van der Waals surface area contributed by atoms with Crippen LogP contribution in [-0.4, -0.2) is 22.4 Å². The van der Waals surface area contributed by atoms with Crippen molar-refractivity contribution in [2.45, 2.75) is 132 Å². The molecule has 3 fully saturated rings. The van der Waals surface area contributed by atoms with Gasteiger partial charge in [-0.05, 0) is 97.7 Å². The van der Waals surface area contributed by atoms with Crippen LogP contribution in [0.15, 0.2) is 11.6 Å². The lowest BCUT2D eigenvalue weighted by Gasteiger charge is -2.65. The molecule has 4 rings (SSSR count). The van der Waals surface area contributed by atoms with E-state index in [2.05, 4.69) is 61.5 Å². The highest BCUT2D eigenvalue weighted by atomic mass is 16.3. The summed E-state index contributed by atoms with van der Waals surface area (Å²) in [5.41, 5.74) is 2.00. The summed E-state index contributed by atoms with van der Waals surface area (Å²) in [4.78, 5) is 0. The highest BCUT2D eigenvalue weighted by Crippen LogP contribution is 2.74. The third-order valence-corrected chi connectivity index (χ3v) is 12.3. The van der Waals surface area contributed by atoms with Crippen molar-refractivity contribution >= 4 is 0 Å². The van der Waals surface area contributed by atoms with Crippen molar-refractivity contribution in [3.63, 3.8) is 0 Å². The lowest BCUT2D eigenvalue weighted by Crippen LogP contribution is -2.60. The van der Waals surface area contributed by atoms with Crippen LogP contribution in [0.5, 0.6) is 0 Å². The topological polar surface area (TPSA) is 40.5 Å². The van der Waals surface area contributed by atoms with E-state index in [0.29, 0.717) is 11.8 Å². The summed E-state index contributed by atoms with van der Waals surface area (Å²) in [5, 5.41) is 22.4. The second-order valence-corrected chi connectivity index (χ2v) is 14.4. The molecule has 0 aromatic carbocycles. The predicted molar refractivity (Wildman–Crippen MR) is 139 cm³/mol. The van der Waals surface area contributed by atoms with Crippen LogP contribution >= 0.6 is 0 Å². The minimum Gasteiger partial charge on any atom is -0.393 e. The zero-order valence-electron chi connectivity index (χ0n) is 23.1. The number of aliphatic hydroxyl groups is 2. The number of hydrogen-bond donors (Lipinski definition) is 2. The minimum atomic E-state index is -0.285. The van der Waals surface area contributed by atoms with Gasteiger partial charge in [-0.2, -0.15) is 0 Å². The standard InChI is InChI=1S/C31H54O2/c1-20(2)10-9-11-21(3)23-15-19-31(22(4)32)25-12-13-26-28(5,6)27(33)16-17-29(26,7)24(25)14-18-30(23,31)8/h12,20-24,26-27,32-33H,9-11,13-19H2,1-8H3/t21-,22+,23-,24+,26?,27+,29-,30-,31-/m1/s1. The van der Waals surface area contributed by atoms with Gasteiger partial charge in [-0.25, -0.2) is 0 Å². The summed E-state index contributed by atoms with van der Waals surface area (Å²) < 4.78 is 0. The summed E-state index contributed by atoms with van der Waals surface area (Å²) >= 11 is 0. The number of hydrogen-bond acceptors (Lipinski definition) is 2. The van der Waals surface area contributed by atoms with Gasteiger partial charge in [0, 0.05) is 5.41 Å². The molecule has 0 bridgehead atoms. The van der Waals surface area contributed by atoms with Crippen LogP contribution in [-0.2, 0) is 0 Å². The first kappa shape index (κ1) is 25.7. The Bertz CT molecular complexity index is 750. The second kappa shape index (κ2) is 8.65. The van der Waals surface area contributed by atoms with E-state index in [9.17, 15) is 10.2 Å². The van der Waals surface area contributed by atoms with Gasteiger partial charge in [-0.15, -0.1) is 0 Å². The largest absolute Gasteiger partial charge is 0.393 e. The monoisotopic (exact) mass is 458 g/mol. The molecule has 0 amide bonds. The predicted octanol–water partition coefficient (Wildman–Crippen LogP) is 7.78. The van der Waals surface area contributed by atoms with Crippen LogP contribution in [0.4, 0.5) is 0 Å². The molecule has 190 valence electrons. The summed E-state index contributed by atoms with van der Waals surface area (Å²) in [6, 6.07) is 0. The molecule has 4 aliphatic carbocycles. The molecule has 3 saturated carbocycles. The van der Waals surface area contributed by atoms with E-state index in [1.54, 1.807) is 5.57 Å². The molecule has 0 radical (unpaired) electrons. The van der Waals surface area contributed by atoms with Crippen molar-refractivity contribution in [3.8, 4) is 0 Å². The van der Waals surface area contributed by atoms with Gasteiger partial charge in [0.2, 0.25) is 0 Å². The molecule has 2 N–H and O–H groups in total. The fraction of sp³-hybridized carbons (Fsp3) is 0.935. The van der Waals surface area contributed by atoms with E-state index in [-0.39, 0.29) is 33.9 Å². The summed E-state index contributed by atoms with van der Waals surface area (Å²) in [6.45, 7) is 19.0. The van der Waals surface area contributed by atoms with Crippen molar-refractivity contribution < 1.29 is 10.2 Å². The molecule has 2 nitrogen and oxygen atoms in total. The molecule has 4 aliphatic rings. The molecular weight excluding hydrogens is 404 g/mol. The molecule has 0 saturated heterocycles. The van der Waals surface area contributed by atoms with Gasteiger partial charge in [0.05, 0.1) is 12.2 Å². The zero-order valence-corrected chi connectivity index (χ0v) is 23.1. The highest BCUT2D eigenvalue weighted by Gasteiger charge is 2.68. The van der Waals surface area contributed by atoms with E-state index in [0.717, 1.165) is 43.4 Å². The van der Waals surface area contributed by atoms with E-state index in [1.165, 1.54) is 38.5 Å². The minimum absolute atomic E-state index is 0.0308. The van der Waals surface area contributed by atoms with E-state index < -0.39 is 0 Å². The average Bonchev–Trinajstić information content (AvgIpc) is 3.05. The molecule has 0 aliphatic heterocycles. The molecule has 2 heteroatoms. The lowest BCUT2D eigenvalue weighted by atomic mass is 9.40. The fourth-order valence-corrected chi connectivity index (χ4v) is 10.3. The van der Waals surface area contributed by atoms with Crippen molar-refractivity contribution in [2.24, 2.45) is 51.2 Å². The van der Waals surface area contributed by atoms with E-state index in [1.807, 2.05) is 0 Å². The number of fused-ring (bicyclic) bond motifs is 5. The number of rotatable bonds is 6. The lowest BCUT2D eigenvalue weighted by molar-refractivity contribution is -0.144. The smallest absolute Gasteiger partial charge is 0.0610 e. The van der Waals surface area contributed by atoms with Gasteiger partial charge in [0.15, 0.2) is 0 Å². The molecule has 33 heavy (non-hydrogen) atoms. The Labute approximate surface area is 205 Å². The third kappa shape index (κ3) is 3.62. The van der Waals surface area contributed by atoms with E-state index in [4.69, 9.17) is 0 Å². The molecule has 0 aromatic heterocycles. The molecule has 1 unspecified atom stereocenters. The van der Waals surface area contributed by atoms with Crippen LogP contribution < -0.4 is 0 Å². The van der Waals surface area contributed by atoms with Crippen molar-refractivity contribution in [1.82, 2.24) is 0 Å². The Kier molecular flexibility index (Phi) is 6.75. The maximum absolute atomic E-state index is 11.5. The van der Waals surface area contributed by atoms with Gasteiger partial charge in [-0.1, -0.05) is 79.4 Å². The van der Waals surface area contributed by atoms with Crippen LogP contribution in [0.1, 0.15) is 120 Å². The van der Waals surface area contributed by atoms with Crippen LogP contribution in [0.2, 0.25) is 0 Å². The zero-order chi connectivity index (χ0) is 24.4. The molecule has 0 aromatic rings. The first-order valence-electron chi connectivity index (χ1n) is 14.4. The Balaban J connectivity index is 1.68. The maximum Gasteiger partial charge on any atom is 0.0610 e. The SMILES string of the molecule is CC(C)CCC[C@@H](C)[C@H]1CC[C@@]2([C@H](C)O)C3=CCC4C(C)(C)[C@@H](O)CC[C@]4(C)[C@H]3CC[C@]12C. The molecule has 0 spiro atoms. The van der Waals surface area contributed by atoms with Crippen molar-refractivity contribution in [2.75, 3.05) is 0 Å². The molecular formula is C31H54O2. The maximum atomic E-state index is 11.5. The Morgan fingerprint density at radius 1 is 0.939 bits per heavy atom. The number of aliphatic hydroxyl groups excluding tert-OH is 2. The highest BCUT2D eigenvalue weighted by molar-refractivity contribution is 5.35. The van der Waals surface area contributed by atoms with Gasteiger partial charge >= 0.3 is 0 Å². The number of allylic oxidation sites excluding steroid dienone is 1. The van der Waals surface area contributed by atoms with Crippen LogP contribution in [0, 0.1) is 51.2 Å².